The van der Waals surface area contributed by atoms with Crippen molar-refractivity contribution in [1.29, 1.82) is 0 Å². The molecular formula is C12H10N2O3. The Hall–Kier alpha value is -2.30. The summed E-state index contributed by atoms with van der Waals surface area (Å²) in [5.41, 5.74) is 1.36. The molecule has 0 saturated heterocycles. The Morgan fingerprint density at radius 2 is 2.18 bits per heavy atom. The number of H-pyrrole nitrogens is 1. The van der Waals surface area contributed by atoms with Crippen LogP contribution in [0.1, 0.15) is 17.4 Å². The Kier molecular flexibility index (Phi) is 2.11. The smallest absolute Gasteiger partial charge is 0.231 e. The Bertz CT molecular complexity index is 589. The number of imidazole rings is 1. The number of benzene rings is 1. The standard InChI is InChI=1S/C12H10N2O3/c1-7(15)9-5-13-12(14-9)8-2-3-10-11(4-8)17-6-16-10/h2-5H,6H2,1H3,(H,13,14). The molecule has 2 aromatic rings. The number of nitrogens with zero attached hydrogens (tertiary/aromatic N) is 1. The van der Waals surface area contributed by atoms with Gasteiger partial charge in [0.2, 0.25) is 6.79 Å². The van der Waals surface area contributed by atoms with Crippen LogP contribution in [-0.2, 0) is 0 Å². The Morgan fingerprint density at radius 1 is 1.35 bits per heavy atom. The summed E-state index contributed by atoms with van der Waals surface area (Å²) in [5.74, 6) is 2.04. The van der Waals surface area contributed by atoms with Crippen molar-refractivity contribution >= 4 is 5.78 Å². The number of aromatic amines is 1. The number of carbonyl (C=O) groups is 1. The molecule has 0 saturated carbocycles. The van der Waals surface area contributed by atoms with Crippen molar-refractivity contribution in [1.82, 2.24) is 9.97 Å². The number of ketones is 1. The van der Waals surface area contributed by atoms with Crippen LogP contribution in [0, 0.1) is 0 Å². The highest BCUT2D eigenvalue weighted by Crippen LogP contribution is 2.35. The van der Waals surface area contributed by atoms with Gasteiger partial charge in [-0.25, -0.2) is 4.98 Å². The second-order valence-electron chi connectivity index (χ2n) is 3.77. The molecule has 1 aromatic carbocycles. The summed E-state index contributed by atoms with van der Waals surface area (Å²) in [5, 5.41) is 0. The summed E-state index contributed by atoms with van der Waals surface area (Å²) >= 11 is 0. The first-order valence-electron chi connectivity index (χ1n) is 5.20. The zero-order valence-electron chi connectivity index (χ0n) is 9.19. The summed E-state index contributed by atoms with van der Waals surface area (Å²) < 4.78 is 10.5. The van der Waals surface area contributed by atoms with E-state index in [9.17, 15) is 4.79 Å². The van der Waals surface area contributed by atoms with Crippen LogP contribution in [0.25, 0.3) is 11.4 Å². The van der Waals surface area contributed by atoms with Gasteiger partial charge < -0.3 is 14.5 Å². The number of Topliss-reactive ketones (excluding diaryl/α,β-unsaturated/α-hetero) is 1. The van der Waals surface area contributed by atoms with Gasteiger partial charge in [-0.1, -0.05) is 0 Å². The molecule has 1 aliphatic heterocycles. The van der Waals surface area contributed by atoms with Gasteiger partial charge in [0, 0.05) is 12.5 Å². The quantitative estimate of drug-likeness (QED) is 0.801. The van der Waals surface area contributed by atoms with Crippen LogP contribution in [0.5, 0.6) is 11.5 Å². The van der Waals surface area contributed by atoms with Gasteiger partial charge in [0.05, 0.1) is 6.20 Å². The van der Waals surface area contributed by atoms with Gasteiger partial charge >= 0.3 is 0 Å². The third kappa shape index (κ3) is 1.65. The number of fused-ring (bicyclic) bond motifs is 1. The molecule has 3 rings (SSSR count). The monoisotopic (exact) mass is 230 g/mol. The third-order valence-corrected chi connectivity index (χ3v) is 2.60. The summed E-state index contributed by atoms with van der Waals surface area (Å²) in [7, 11) is 0. The van der Waals surface area contributed by atoms with Crippen LogP contribution < -0.4 is 9.47 Å². The maximum atomic E-state index is 11.2. The van der Waals surface area contributed by atoms with E-state index in [0.29, 0.717) is 17.3 Å². The number of rotatable bonds is 2. The van der Waals surface area contributed by atoms with Crippen molar-refractivity contribution in [3.05, 3.63) is 30.1 Å². The first-order valence-corrected chi connectivity index (χ1v) is 5.20. The van der Waals surface area contributed by atoms with Crippen molar-refractivity contribution < 1.29 is 14.3 Å². The highest BCUT2D eigenvalue weighted by molar-refractivity contribution is 5.92. The van der Waals surface area contributed by atoms with E-state index in [0.717, 1.165) is 11.3 Å². The van der Waals surface area contributed by atoms with Gasteiger partial charge in [-0.3, -0.25) is 4.79 Å². The van der Waals surface area contributed by atoms with Crippen molar-refractivity contribution in [2.75, 3.05) is 6.79 Å². The fraction of sp³-hybridized carbons (Fsp3) is 0.167. The van der Waals surface area contributed by atoms with E-state index in [-0.39, 0.29) is 12.6 Å². The predicted octanol–water partition coefficient (Wildman–Crippen LogP) is 2.01. The van der Waals surface area contributed by atoms with Crippen molar-refractivity contribution in [3.8, 4) is 22.9 Å². The van der Waals surface area contributed by atoms with E-state index in [1.165, 1.54) is 13.1 Å². The minimum Gasteiger partial charge on any atom is -0.454 e. The van der Waals surface area contributed by atoms with Crippen LogP contribution in [0.2, 0.25) is 0 Å². The number of nitrogens with one attached hydrogen (secondary N) is 1. The van der Waals surface area contributed by atoms with Crippen molar-refractivity contribution in [2.24, 2.45) is 0 Å². The average molecular weight is 230 g/mol. The Labute approximate surface area is 97.4 Å². The minimum atomic E-state index is -0.0375. The molecule has 1 N–H and O–H groups in total. The second kappa shape index (κ2) is 3.62. The van der Waals surface area contributed by atoms with E-state index < -0.39 is 0 Å². The molecule has 1 aliphatic rings. The maximum absolute atomic E-state index is 11.2. The van der Waals surface area contributed by atoms with Gasteiger partial charge in [-0.05, 0) is 18.2 Å². The van der Waals surface area contributed by atoms with E-state index >= 15 is 0 Å². The van der Waals surface area contributed by atoms with E-state index in [2.05, 4.69) is 9.97 Å². The number of hydrogen-bond donors (Lipinski definition) is 1. The Balaban J connectivity index is 2.00. The topological polar surface area (TPSA) is 64.2 Å². The van der Waals surface area contributed by atoms with Gasteiger partial charge in [0.15, 0.2) is 17.3 Å². The van der Waals surface area contributed by atoms with Crippen molar-refractivity contribution in [3.63, 3.8) is 0 Å². The summed E-state index contributed by atoms with van der Waals surface area (Å²) in [6.07, 6.45) is 1.53. The normalized spacial score (nSPS) is 12.8. The molecule has 0 aliphatic carbocycles. The minimum absolute atomic E-state index is 0.0375. The lowest BCUT2D eigenvalue weighted by Crippen LogP contribution is -1.93. The lowest BCUT2D eigenvalue weighted by Gasteiger charge is -1.99. The van der Waals surface area contributed by atoms with Crippen LogP contribution in [0.3, 0.4) is 0 Å². The van der Waals surface area contributed by atoms with E-state index in [1.54, 1.807) is 0 Å². The lowest BCUT2D eigenvalue weighted by molar-refractivity contribution is 0.101. The van der Waals surface area contributed by atoms with Gasteiger partial charge in [0.25, 0.3) is 0 Å². The Morgan fingerprint density at radius 3 is 2.94 bits per heavy atom. The zero-order valence-corrected chi connectivity index (χ0v) is 9.19. The maximum Gasteiger partial charge on any atom is 0.231 e. The number of ether oxygens (including phenoxy) is 2. The molecule has 0 amide bonds. The van der Waals surface area contributed by atoms with Crippen molar-refractivity contribution in [2.45, 2.75) is 6.92 Å². The first kappa shape index (κ1) is 9.89. The molecule has 5 heteroatoms. The predicted molar refractivity (Wildman–Crippen MR) is 60.2 cm³/mol. The number of aromatic nitrogens is 2. The van der Waals surface area contributed by atoms with Crippen LogP contribution in [0.15, 0.2) is 24.4 Å². The SMILES string of the molecule is CC(=O)c1cnc(-c2ccc3c(c2)OCO3)[nH]1. The fourth-order valence-electron chi connectivity index (χ4n) is 1.69. The fourth-order valence-corrected chi connectivity index (χ4v) is 1.69. The van der Waals surface area contributed by atoms with E-state index in [4.69, 9.17) is 9.47 Å². The highest BCUT2D eigenvalue weighted by Gasteiger charge is 2.15. The molecule has 0 spiro atoms. The molecule has 0 bridgehead atoms. The molecular weight excluding hydrogens is 220 g/mol. The molecule has 0 unspecified atom stereocenters. The van der Waals surface area contributed by atoms with Crippen LogP contribution in [0.4, 0.5) is 0 Å². The molecule has 0 radical (unpaired) electrons. The molecule has 0 atom stereocenters. The molecule has 17 heavy (non-hydrogen) atoms. The zero-order chi connectivity index (χ0) is 11.8. The number of carbonyl (C=O) groups excluding carboxylic acids is 1. The molecule has 86 valence electrons. The van der Waals surface area contributed by atoms with Crippen LogP contribution in [-0.4, -0.2) is 22.5 Å². The largest absolute Gasteiger partial charge is 0.454 e. The molecule has 0 fully saturated rings. The molecule has 2 heterocycles. The number of hydrogen-bond acceptors (Lipinski definition) is 4. The average Bonchev–Trinajstić information content (AvgIpc) is 2.97. The third-order valence-electron chi connectivity index (χ3n) is 2.60. The highest BCUT2D eigenvalue weighted by atomic mass is 16.7. The van der Waals surface area contributed by atoms with Crippen LogP contribution >= 0.6 is 0 Å². The second-order valence-corrected chi connectivity index (χ2v) is 3.77. The summed E-state index contributed by atoms with van der Waals surface area (Å²) in [4.78, 5) is 18.3. The lowest BCUT2D eigenvalue weighted by atomic mass is 10.2. The summed E-state index contributed by atoms with van der Waals surface area (Å²) in [6, 6.07) is 5.54. The first-order chi connectivity index (χ1) is 8.24. The molecule has 5 nitrogen and oxygen atoms in total. The molecule has 1 aromatic heterocycles. The summed E-state index contributed by atoms with van der Waals surface area (Å²) in [6.45, 7) is 1.74. The van der Waals surface area contributed by atoms with Gasteiger partial charge in [-0.2, -0.15) is 0 Å². The van der Waals surface area contributed by atoms with E-state index in [1.807, 2.05) is 18.2 Å². The van der Waals surface area contributed by atoms with Gasteiger partial charge in [-0.15, -0.1) is 0 Å². The van der Waals surface area contributed by atoms with Gasteiger partial charge in [0.1, 0.15) is 11.5 Å².